The molecule has 1 atom stereocenters. The van der Waals surface area contributed by atoms with Crippen molar-refractivity contribution in [3.05, 3.63) is 48.0 Å². The van der Waals surface area contributed by atoms with Gasteiger partial charge in [0.1, 0.15) is 0 Å². The second-order valence-electron chi connectivity index (χ2n) is 5.98. The summed E-state index contributed by atoms with van der Waals surface area (Å²) in [6.07, 6.45) is 4.19. The second-order valence-corrected chi connectivity index (χ2v) is 5.98. The minimum Gasteiger partial charge on any atom is -0.481 e. The maximum absolute atomic E-state index is 13.9. The van der Waals surface area contributed by atoms with Crippen LogP contribution in [-0.2, 0) is 6.54 Å². The Morgan fingerprint density at radius 2 is 2.11 bits per heavy atom. The monoisotopic (exact) mass is 486 g/mol. The fourth-order valence-electron chi connectivity index (χ4n) is 2.99. The number of guanidine groups is 1. The zero-order valence-corrected chi connectivity index (χ0v) is 17.7. The lowest BCUT2D eigenvalue weighted by molar-refractivity contribution is 0.392. The maximum atomic E-state index is 13.9. The van der Waals surface area contributed by atoms with E-state index in [0.717, 1.165) is 18.5 Å². The highest BCUT2D eigenvalue weighted by atomic mass is 127. The molecule has 0 amide bonds. The number of hydrogen-bond acceptors (Lipinski definition) is 5. The number of nitrogens with one attached hydrogen (secondary N) is 2. The first-order valence-corrected chi connectivity index (χ1v) is 8.51. The summed E-state index contributed by atoms with van der Waals surface area (Å²) in [5.41, 5.74) is 0.946. The van der Waals surface area contributed by atoms with Gasteiger partial charge in [-0.3, -0.25) is 4.99 Å². The molecular formula is C18H24FIN6O. The Kier molecular flexibility index (Phi) is 8.01. The summed E-state index contributed by atoms with van der Waals surface area (Å²) in [5.74, 6) is 1.39. The third-order valence-corrected chi connectivity index (χ3v) is 4.28. The Morgan fingerprint density at radius 1 is 1.33 bits per heavy atom. The largest absolute Gasteiger partial charge is 0.481 e. The molecule has 3 heterocycles. The van der Waals surface area contributed by atoms with Gasteiger partial charge in [0.25, 0.3) is 0 Å². The van der Waals surface area contributed by atoms with Gasteiger partial charge in [0.15, 0.2) is 17.6 Å². The number of aliphatic imine (C=N–C) groups is 1. The SMILES string of the molecule is CN=C(NCc1cccnc1OC)NC1CCN(c2ncccc2F)C1.I. The van der Waals surface area contributed by atoms with Gasteiger partial charge in [0.2, 0.25) is 5.88 Å². The molecule has 0 bridgehead atoms. The van der Waals surface area contributed by atoms with Crippen molar-refractivity contribution in [3.63, 3.8) is 0 Å². The summed E-state index contributed by atoms with van der Waals surface area (Å²) < 4.78 is 19.2. The number of rotatable bonds is 5. The molecule has 1 aliphatic rings. The van der Waals surface area contributed by atoms with E-state index in [9.17, 15) is 4.39 Å². The van der Waals surface area contributed by atoms with E-state index in [1.54, 1.807) is 32.6 Å². The van der Waals surface area contributed by atoms with Gasteiger partial charge < -0.3 is 20.3 Å². The zero-order chi connectivity index (χ0) is 18.4. The summed E-state index contributed by atoms with van der Waals surface area (Å²) in [7, 11) is 3.32. The number of ether oxygens (including phenoxy) is 1. The molecule has 1 aliphatic heterocycles. The van der Waals surface area contributed by atoms with Gasteiger partial charge in [0.05, 0.1) is 7.11 Å². The molecule has 2 aromatic heterocycles. The van der Waals surface area contributed by atoms with E-state index >= 15 is 0 Å². The molecule has 0 saturated carbocycles. The van der Waals surface area contributed by atoms with Crippen LogP contribution < -0.4 is 20.3 Å². The predicted molar refractivity (Wildman–Crippen MR) is 114 cm³/mol. The summed E-state index contributed by atoms with van der Waals surface area (Å²) in [6, 6.07) is 7.02. The van der Waals surface area contributed by atoms with Crippen LogP contribution in [0.25, 0.3) is 0 Å². The lowest BCUT2D eigenvalue weighted by Gasteiger charge is -2.20. The first-order chi connectivity index (χ1) is 12.7. The van der Waals surface area contributed by atoms with E-state index in [-0.39, 0.29) is 35.8 Å². The molecule has 9 heteroatoms. The number of nitrogens with zero attached hydrogens (tertiary/aromatic N) is 4. The van der Waals surface area contributed by atoms with Crippen molar-refractivity contribution in [3.8, 4) is 5.88 Å². The van der Waals surface area contributed by atoms with Crippen LogP contribution in [0, 0.1) is 5.82 Å². The number of pyridine rings is 2. The van der Waals surface area contributed by atoms with Crippen molar-refractivity contribution >= 4 is 35.8 Å². The number of halogens is 2. The summed E-state index contributed by atoms with van der Waals surface area (Å²) in [4.78, 5) is 14.5. The lowest BCUT2D eigenvalue weighted by atomic mass is 10.2. The van der Waals surface area contributed by atoms with Crippen LogP contribution in [-0.4, -0.2) is 49.2 Å². The van der Waals surface area contributed by atoms with E-state index in [4.69, 9.17) is 4.74 Å². The van der Waals surface area contributed by atoms with E-state index < -0.39 is 0 Å². The number of hydrogen-bond donors (Lipinski definition) is 2. The van der Waals surface area contributed by atoms with E-state index in [1.165, 1.54) is 6.07 Å². The Morgan fingerprint density at radius 3 is 2.85 bits per heavy atom. The van der Waals surface area contributed by atoms with Gasteiger partial charge in [-0.15, -0.1) is 24.0 Å². The van der Waals surface area contributed by atoms with Crippen LogP contribution in [0.1, 0.15) is 12.0 Å². The van der Waals surface area contributed by atoms with Crippen molar-refractivity contribution in [2.45, 2.75) is 19.0 Å². The molecule has 146 valence electrons. The highest BCUT2D eigenvalue weighted by Gasteiger charge is 2.25. The van der Waals surface area contributed by atoms with Crippen LogP contribution in [0.5, 0.6) is 5.88 Å². The summed E-state index contributed by atoms with van der Waals surface area (Å²) >= 11 is 0. The van der Waals surface area contributed by atoms with Gasteiger partial charge in [-0.2, -0.15) is 0 Å². The third kappa shape index (κ3) is 5.41. The first kappa shape index (κ1) is 21.1. The highest BCUT2D eigenvalue weighted by Crippen LogP contribution is 2.20. The molecule has 2 N–H and O–H groups in total. The topological polar surface area (TPSA) is 74.7 Å². The van der Waals surface area contributed by atoms with E-state index in [2.05, 4.69) is 25.6 Å². The summed E-state index contributed by atoms with van der Waals surface area (Å²) in [5, 5.41) is 6.64. The molecule has 3 rings (SSSR count). The number of aromatic nitrogens is 2. The second kappa shape index (κ2) is 10.2. The Bertz CT molecular complexity index is 775. The van der Waals surface area contributed by atoms with Crippen LogP contribution in [0.15, 0.2) is 41.7 Å². The summed E-state index contributed by atoms with van der Waals surface area (Å²) in [6.45, 7) is 1.96. The fraction of sp³-hybridized carbons (Fsp3) is 0.389. The van der Waals surface area contributed by atoms with Crippen LogP contribution in [0.2, 0.25) is 0 Å². The average molecular weight is 486 g/mol. The molecule has 7 nitrogen and oxygen atoms in total. The lowest BCUT2D eigenvalue weighted by Crippen LogP contribution is -2.44. The van der Waals surface area contributed by atoms with Gasteiger partial charge >= 0.3 is 0 Å². The van der Waals surface area contributed by atoms with Crippen molar-refractivity contribution in [2.24, 2.45) is 4.99 Å². The molecular weight excluding hydrogens is 462 g/mol. The van der Waals surface area contributed by atoms with Crippen molar-refractivity contribution in [1.29, 1.82) is 0 Å². The van der Waals surface area contributed by atoms with Crippen LogP contribution in [0.3, 0.4) is 0 Å². The van der Waals surface area contributed by atoms with Gasteiger partial charge in [-0.25, -0.2) is 14.4 Å². The van der Waals surface area contributed by atoms with Gasteiger partial charge in [-0.1, -0.05) is 6.07 Å². The highest BCUT2D eigenvalue weighted by molar-refractivity contribution is 14.0. The first-order valence-electron chi connectivity index (χ1n) is 8.51. The van der Waals surface area contributed by atoms with E-state index in [0.29, 0.717) is 30.7 Å². The molecule has 0 aromatic carbocycles. The van der Waals surface area contributed by atoms with Gasteiger partial charge in [0, 0.05) is 50.7 Å². The number of methoxy groups -OCH3 is 1. The molecule has 1 fully saturated rings. The Balaban J connectivity index is 0.00000261. The molecule has 1 saturated heterocycles. The standard InChI is InChI=1S/C18H23FN6O.HI/c1-20-18(23-11-13-5-3-9-22-17(13)26-2)24-14-7-10-25(12-14)16-15(19)6-4-8-21-16;/h3-6,8-9,14H,7,10-12H2,1-2H3,(H2,20,23,24);1H. The fourth-order valence-corrected chi connectivity index (χ4v) is 2.99. The molecule has 1 unspecified atom stereocenters. The number of anilines is 1. The Hall–Kier alpha value is -2.17. The Labute approximate surface area is 175 Å². The average Bonchev–Trinajstić information content (AvgIpc) is 3.14. The smallest absolute Gasteiger partial charge is 0.218 e. The molecule has 0 spiro atoms. The zero-order valence-electron chi connectivity index (χ0n) is 15.4. The quantitative estimate of drug-likeness (QED) is 0.384. The normalized spacial score (nSPS) is 16.6. The minimum absolute atomic E-state index is 0. The third-order valence-electron chi connectivity index (χ3n) is 4.28. The van der Waals surface area contributed by atoms with Crippen molar-refractivity contribution in [2.75, 3.05) is 32.1 Å². The molecule has 27 heavy (non-hydrogen) atoms. The molecule has 2 aromatic rings. The molecule has 0 aliphatic carbocycles. The molecule has 0 radical (unpaired) electrons. The van der Waals surface area contributed by atoms with Crippen molar-refractivity contribution < 1.29 is 9.13 Å². The van der Waals surface area contributed by atoms with Crippen LogP contribution >= 0.6 is 24.0 Å². The van der Waals surface area contributed by atoms with Crippen molar-refractivity contribution in [1.82, 2.24) is 20.6 Å². The van der Waals surface area contributed by atoms with E-state index in [1.807, 2.05) is 17.0 Å². The predicted octanol–water partition coefficient (Wildman–Crippen LogP) is 2.19. The maximum Gasteiger partial charge on any atom is 0.218 e. The minimum atomic E-state index is -0.292. The van der Waals surface area contributed by atoms with Gasteiger partial charge in [-0.05, 0) is 24.6 Å². The van der Waals surface area contributed by atoms with Crippen LogP contribution in [0.4, 0.5) is 10.2 Å².